The van der Waals surface area contributed by atoms with Gasteiger partial charge in [-0.2, -0.15) is 0 Å². The lowest BCUT2D eigenvalue weighted by Crippen LogP contribution is -1.95. The maximum Gasteiger partial charge on any atom is 0.506 e. The summed E-state index contributed by atoms with van der Waals surface area (Å²) in [6, 6.07) is -0.296. The van der Waals surface area contributed by atoms with E-state index in [1.807, 2.05) is 0 Å². The Balaban J connectivity index is 0. The van der Waals surface area contributed by atoms with E-state index < -0.39 is 6.16 Å². The fourth-order valence-corrected chi connectivity index (χ4v) is 0.140. The van der Waals surface area contributed by atoms with Crippen LogP contribution in [0.25, 0.3) is 0 Å². The molecule has 48 valence electrons. The largest absolute Gasteiger partial charge is 0.506 e. The fraction of sp³-hybridized carbons (Fsp3) is 0.250. The molecule has 0 amide bonds. The van der Waals surface area contributed by atoms with Crippen LogP contribution in [-0.2, 0) is 4.74 Å². The number of halogens is 1. The highest BCUT2D eigenvalue weighted by atomic mass is 35.5. The molecule has 0 radical (unpaired) electrons. The molecule has 0 aromatic carbocycles. The number of hydrogen-bond acceptors (Lipinski definition) is 2. The number of carbonyl (C=O) groups is 1. The van der Waals surface area contributed by atoms with Crippen LogP contribution in [0.2, 0.25) is 0 Å². The van der Waals surface area contributed by atoms with Crippen molar-refractivity contribution in [3.63, 3.8) is 0 Å². The summed E-state index contributed by atoms with van der Waals surface area (Å²) in [6.07, 6.45) is -1.34. The van der Waals surface area contributed by atoms with Gasteiger partial charge in [-0.05, 0) is 0 Å². The Morgan fingerprint density at radius 2 is 2.12 bits per heavy atom. The Morgan fingerprint density at radius 3 is 2.12 bits per heavy atom. The Hall–Kier alpha value is -0.700. The average molecular weight is 139 g/mol. The molecule has 0 saturated heterocycles. The summed E-state index contributed by atoms with van der Waals surface area (Å²) < 4.78 is 3.72. The Bertz CT molecular complexity index is 64.3. The Morgan fingerprint density at radius 1 is 1.75 bits per heavy atom. The molecule has 0 aliphatic carbocycles. The maximum atomic E-state index is 9.29. The minimum atomic E-state index is -1.34. The molecule has 0 aliphatic heterocycles. The quantitative estimate of drug-likeness (QED) is 0.341. The molecular weight excluding hydrogens is 131 g/mol. The van der Waals surface area contributed by atoms with Crippen molar-refractivity contribution >= 4 is 17.8 Å². The predicted octanol–water partition coefficient (Wildman–Crippen LogP) is 1.68. The van der Waals surface area contributed by atoms with E-state index in [4.69, 9.17) is 16.7 Å². The van der Waals surface area contributed by atoms with Gasteiger partial charge in [0, 0.05) is 0 Å². The van der Waals surface area contributed by atoms with Gasteiger partial charge in [-0.25, -0.2) is 4.79 Å². The first-order chi connectivity index (χ1) is 3.77. The zero-order valence-corrected chi connectivity index (χ0v) is 5.02. The van der Waals surface area contributed by atoms with Gasteiger partial charge in [0.2, 0.25) is 0 Å². The van der Waals surface area contributed by atoms with Crippen molar-refractivity contribution in [2.75, 3.05) is 6.07 Å². The average Bonchev–Trinajstić information content (AvgIpc) is 1.72. The van der Waals surface area contributed by atoms with E-state index in [1.54, 1.807) is 0 Å². The van der Waals surface area contributed by atoms with Gasteiger partial charge in [0.25, 0.3) is 0 Å². The van der Waals surface area contributed by atoms with Crippen LogP contribution in [0.3, 0.4) is 0 Å². The van der Waals surface area contributed by atoms with Crippen LogP contribution in [0.5, 0.6) is 0 Å². The zero-order chi connectivity index (χ0) is 6.99. The van der Waals surface area contributed by atoms with E-state index in [9.17, 15) is 4.79 Å². The predicted molar refractivity (Wildman–Crippen MR) is 31.1 cm³/mol. The summed E-state index contributed by atoms with van der Waals surface area (Å²) in [5.41, 5.74) is 0. The third-order valence-electron chi connectivity index (χ3n) is 0.178. The summed E-state index contributed by atoms with van der Waals surface area (Å²) in [6.45, 7) is 6.00. The van der Waals surface area contributed by atoms with Gasteiger partial charge in [-0.3, -0.25) is 0 Å². The Kier molecular flexibility index (Phi) is 12.3. The van der Waals surface area contributed by atoms with Crippen molar-refractivity contribution < 1.29 is 14.6 Å². The monoisotopic (exact) mass is 138 g/mol. The first-order valence-electron chi connectivity index (χ1n) is 1.69. The van der Waals surface area contributed by atoms with Crippen molar-refractivity contribution in [3.05, 3.63) is 13.2 Å². The smallest absolute Gasteiger partial charge is 0.450 e. The fourth-order valence-electron chi connectivity index (χ4n) is 0.0467. The second-order valence-corrected chi connectivity index (χ2v) is 0.738. The minimum Gasteiger partial charge on any atom is -0.450 e. The van der Waals surface area contributed by atoms with Gasteiger partial charge >= 0.3 is 6.16 Å². The van der Waals surface area contributed by atoms with Crippen LogP contribution < -0.4 is 0 Å². The molecule has 0 bridgehead atoms. The molecule has 0 heterocycles. The van der Waals surface area contributed by atoms with Crippen molar-refractivity contribution in [1.82, 2.24) is 0 Å². The molecule has 1 N–H and O–H groups in total. The summed E-state index contributed by atoms with van der Waals surface area (Å²) in [5, 5.41) is 7.61. The highest BCUT2D eigenvalue weighted by Gasteiger charge is 1.87. The van der Waals surface area contributed by atoms with Gasteiger partial charge in [-0.1, -0.05) is 11.6 Å². The van der Waals surface area contributed by atoms with Crippen LogP contribution in [0.1, 0.15) is 0 Å². The summed E-state index contributed by atoms with van der Waals surface area (Å²) >= 11 is 4.79. The summed E-state index contributed by atoms with van der Waals surface area (Å²) in [7, 11) is 0. The van der Waals surface area contributed by atoms with Crippen LogP contribution >= 0.6 is 11.6 Å². The van der Waals surface area contributed by atoms with E-state index in [2.05, 4.69) is 17.9 Å². The SMILES string of the molecule is C=C.O=C(O)OCCl. The lowest BCUT2D eigenvalue weighted by Gasteiger charge is -1.85. The van der Waals surface area contributed by atoms with E-state index in [0.717, 1.165) is 0 Å². The third kappa shape index (κ3) is 18.5. The standard InChI is InChI=1S/C2H3ClO3.C2H4/c3-1-6-2(4)5;1-2/h1H2,(H,4,5);1-2H2. The normalized spacial score (nSPS) is 6.12. The van der Waals surface area contributed by atoms with Gasteiger partial charge in [0.1, 0.15) is 0 Å². The Labute approximate surface area is 52.5 Å². The lowest BCUT2D eigenvalue weighted by molar-refractivity contribution is 0.107. The second kappa shape index (κ2) is 9.57. The molecule has 0 aromatic heterocycles. The second-order valence-electron chi connectivity index (χ2n) is 0.519. The van der Waals surface area contributed by atoms with E-state index >= 15 is 0 Å². The van der Waals surface area contributed by atoms with Crippen LogP contribution in [0.15, 0.2) is 13.2 Å². The van der Waals surface area contributed by atoms with Crippen LogP contribution in [0.4, 0.5) is 4.79 Å². The molecule has 0 fully saturated rings. The number of ether oxygens (including phenoxy) is 1. The first kappa shape index (κ1) is 10.3. The number of hydrogen-bond donors (Lipinski definition) is 1. The molecule has 4 heteroatoms. The van der Waals surface area contributed by atoms with Gasteiger partial charge in [0.05, 0.1) is 0 Å². The van der Waals surface area contributed by atoms with Gasteiger partial charge < -0.3 is 9.84 Å². The maximum absolute atomic E-state index is 9.29. The molecule has 0 atom stereocenters. The molecular formula is C4H7ClO3. The van der Waals surface area contributed by atoms with E-state index in [1.165, 1.54) is 0 Å². The molecule has 0 aromatic rings. The molecule has 0 aliphatic rings. The van der Waals surface area contributed by atoms with E-state index in [-0.39, 0.29) is 6.07 Å². The van der Waals surface area contributed by atoms with Crippen molar-refractivity contribution in [1.29, 1.82) is 0 Å². The van der Waals surface area contributed by atoms with Gasteiger partial charge in [-0.15, -0.1) is 13.2 Å². The lowest BCUT2D eigenvalue weighted by atomic mass is 11.3. The van der Waals surface area contributed by atoms with Crippen molar-refractivity contribution in [2.24, 2.45) is 0 Å². The zero-order valence-electron chi connectivity index (χ0n) is 4.26. The topological polar surface area (TPSA) is 46.5 Å². The highest BCUT2D eigenvalue weighted by Crippen LogP contribution is 1.76. The molecule has 3 nitrogen and oxygen atoms in total. The molecule has 0 spiro atoms. The van der Waals surface area contributed by atoms with Crippen molar-refractivity contribution in [2.45, 2.75) is 0 Å². The van der Waals surface area contributed by atoms with Crippen LogP contribution in [-0.4, -0.2) is 17.3 Å². The van der Waals surface area contributed by atoms with Crippen LogP contribution in [0, 0.1) is 0 Å². The number of rotatable bonds is 1. The highest BCUT2D eigenvalue weighted by molar-refractivity contribution is 6.17. The van der Waals surface area contributed by atoms with Crippen molar-refractivity contribution in [3.8, 4) is 0 Å². The van der Waals surface area contributed by atoms with Gasteiger partial charge in [0.15, 0.2) is 6.07 Å². The molecule has 0 saturated carbocycles. The van der Waals surface area contributed by atoms with E-state index in [0.29, 0.717) is 0 Å². The summed E-state index contributed by atoms with van der Waals surface area (Å²) in [5.74, 6) is 0. The third-order valence-corrected chi connectivity index (χ3v) is 0.287. The molecule has 8 heavy (non-hydrogen) atoms. The number of alkyl halides is 1. The molecule has 0 unspecified atom stereocenters. The summed E-state index contributed by atoms with van der Waals surface area (Å²) in [4.78, 5) is 9.29. The number of carboxylic acid groups (broad SMARTS) is 1. The first-order valence-corrected chi connectivity index (χ1v) is 2.22. The minimum absolute atomic E-state index is 0.296. The molecule has 0 rings (SSSR count).